The van der Waals surface area contributed by atoms with Crippen LogP contribution in [-0.2, 0) is 16.6 Å². The van der Waals surface area contributed by atoms with Crippen LogP contribution in [0.3, 0.4) is 0 Å². The number of fused-ring (bicyclic) bond motifs is 1. The maximum absolute atomic E-state index is 11.4. The average Bonchev–Trinajstić information content (AvgIpc) is 3.49. The average molecular weight is 450 g/mol. The minimum atomic E-state index is -3.73. The van der Waals surface area contributed by atoms with Gasteiger partial charge in [-0.25, -0.2) is 18.5 Å². The normalized spacial score (nSPS) is 13.9. The highest BCUT2D eigenvalue weighted by Crippen LogP contribution is 2.32. The van der Waals surface area contributed by atoms with Gasteiger partial charge in [-0.1, -0.05) is 0 Å². The summed E-state index contributed by atoms with van der Waals surface area (Å²) in [4.78, 5) is 8.93. The molecule has 0 bridgehead atoms. The van der Waals surface area contributed by atoms with Crippen LogP contribution < -0.4 is 15.8 Å². The molecule has 32 heavy (non-hydrogen) atoms. The Bertz CT molecular complexity index is 1390. The number of nitrogens with one attached hydrogen (secondary N) is 2. The Hall–Kier alpha value is -3.50. The summed E-state index contributed by atoms with van der Waals surface area (Å²) in [6, 6.07) is 12.3. The number of hydrogen-bond donors (Lipinski definition) is 3. The lowest BCUT2D eigenvalue weighted by Gasteiger charge is -2.11. The van der Waals surface area contributed by atoms with Crippen molar-refractivity contribution in [1.29, 1.82) is 0 Å². The van der Waals surface area contributed by atoms with E-state index in [0.29, 0.717) is 17.5 Å². The minimum Gasteiger partial charge on any atom is -0.340 e. The van der Waals surface area contributed by atoms with Gasteiger partial charge in [-0.3, -0.25) is 4.68 Å². The molecular formula is C22H23N7O2S. The maximum atomic E-state index is 11.4. The van der Waals surface area contributed by atoms with Gasteiger partial charge in [0, 0.05) is 35.1 Å². The van der Waals surface area contributed by atoms with Gasteiger partial charge < -0.3 is 10.6 Å². The molecule has 1 aliphatic rings. The Kier molecular flexibility index (Phi) is 5.03. The quantitative estimate of drug-likeness (QED) is 0.393. The van der Waals surface area contributed by atoms with Gasteiger partial charge in [-0.05, 0) is 68.1 Å². The number of nitrogens with zero attached hydrogens (tertiary/aromatic N) is 4. The summed E-state index contributed by atoms with van der Waals surface area (Å²) in [5.74, 6) is 1.83. The second-order valence-electron chi connectivity index (χ2n) is 8.09. The van der Waals surface area contributed by atoms with Crippen LogP contribution in [-0.4, -0.2) is 28.2 Å². The van der Waals surface area contributed by atoms with Crippen LogP contribution in [0.1, 0.15) is 18.4 Å². The monoisotopic (exact) mass is 449 g/mol. The third-order valence-electron chi connectivity index (χ3n) is 5.44. The zero-order valence-electron chi connectivity index (χ0n) is 17.5. The fraction of sp³-hybridized carbons (Fsp3) is 0.227. The molecule has 164 valence electrons. The molecule has 5 rings (SSSR count). The molecule has 0 saturated heterocycles. The largest absolute Gasteiger partial charge is 0.340 e. The second-order valence-corrected chi connectivity index (χ2v) is 9.65. The number of rotatable bonds is 7. The van der Waals surface area contributed by atoms with Crippen molar-refractivity contribution in [2.24, 2.45) is 11.1 Å². The number of nitrogens with two attached hydrogens (primary N) is 1. The number of hydrogen-bond acceptors (Lipinski definition) is 7. The van der Waals surface area contributed by atoms with E-state index in [-0.39, 0.29) is 4.90 Å². The summed E-state index contributed by atoms with van der Waals surface area (Å²) >= 11 is 0. The van der Waals surface area contributed by atoms with E-state index in [1.54, 1.807) is 18.3 Å². The van der Waals surface area contributed by atoms with Crippen molar-refractivity contribution < 1.29 is 8.42 Å². The van der Waals surface area contributed by atoms with E-state index in [9.17, 15) is 8.42 Å². The molecule has 2 aromatic carbocycles. The zero-order valence-corrected chi connectivity index (χ0v) is 18.3. The van der Waals surface area contributed by atoms with Gasteiger partial charge in [-0.15, -0.1) is 0 Å². The summed E-state index contributed by atoms with van der Waals surface area (Å²) < 4.78 is 24.9. The number of sulfonamides is 1. The van der Waals surface area contributed by atoms with E-state index >= 15 is 0 Å². The highest BCUT2D eigenvalue weighted by molar-refractivity contribution is 7.89. The van der Waals surface area contributed by atoms with Crippen molar-refractivity contribution in [3.8, 4) is 0 Å². The lowest BCUT2D eigenvalue weighted by molar-refractivity contribution is 0.580. The molecule has 4 N–H and O–H groups in total. The number of benzene rings is 2. The van der Waals surface area contributed by atoms with Crippen LogP contribution in [0.15, 0.2) is 59.8 Å². The van der Waals surface area contributed by atoms with Crippen LogP contribution in [0.5, 0.6) is 0 Å². The van der Waals surface area contributed by atoms with E-state index in [2.05, 4.69) is 42.5 Å². The summed E-state index contributed by atoms with van der Waals surface area (Å²) in [6.45, 7) is 2.91. The molecule has 0 aliphatic heterocycles. The van der Waals surface area contributed by atoms with Crippen molar-refractivity contribution in [2.45, 2.75) is 31.2 Å². The first kappa shape index (κ1) is 20.4. The van der Waals surface area contributed by atoms with E-state index in [1.165, 1.54) is 25.0 Å². The lowest BCUT2D eigenvalue weighted by atomic mass is 10.2. The van der Waals surface area contributed by atoms with Crippen LogP contribution >= 0.6 is 0 Å². The summed E-state index contributed by atoms with van der Waals surface area (Å²) in [5, 5.41) is 17.2. The second kappa shape index (κ2) is 7.88. The molecular weight excluding hydrogens is 426 g/mol. The van der Waals surface area contributed by atoms with Crippen LogP contribution in [0.25, 0.3) is 10.9 Å². The van der Waals surface area contributed by atoms with Crippen molar-refractivity contribution in [3.05, 3.63) is 60.4 Å². The van der Waals surface area contributed by atoms with E-state index < -0.39 is 10.0 Å². The van der Waals surface area contributed by atoms with Crippen LogP contribution in [0.4, 0.5) is 23.1 Å². The molecule has 9 nitrogen and oxygen atoms in total. The van der Waals surface area contributed by atoms with Gasteiger partial charge in [0.25, 0.3) is 0 Å². The molecule has 10 heteroatoms. The molecule has 0 spiro atoms. The first-order valence-corrected chi connectivity index (χ1v) is 11.9. The molecule has 1 fully saturated rings. The number of anilines is 4. The Morgan fingerprint density at radius 1 is 1.06 bits per heavy atom. The van der Waals surface area contributed by atoms with Crippen LogP contribution in [0, 0.1) is 12.8 Å². The Morgan fingerprint density at radius 3 is 2.53 bits per heavy atom. The first-order valence-electron chi connectivity index (χ1n) is 10.3. The van der Waals surface area contributed by atoms with E-state index in [4.69, 9.17) is 5.14 Å². The molecule has 4 aromatic rings. The maximum Gasteiger partial charge on any atom is 0.238 e. The summed E-state index contributed by atoms with van der Waals surface area (Å²) in [5.41, 5.74) is 3.59. The Labute approximate surface area is 185 Å². The molecule has 2 aromatic heterocycles. The predicted molar refractivity (Wildman–Crippen MR) is 124 cm³/mol. The Balaban J connectivity index is 1.34. The fourth-order valence-electron chi connectivity index (χ4n) is 3.48. The highest BCUT2D eigenvalue weighted by atomic mass is 32.2. The highest BCUT2D eigenvalue weighted by Gasteiger charge is 2.22. The molecule has 1 saturated carbocycles. The standard InChI is InChI=1S/C22H23N7O2S/c1-14-11-24-22(27-17-4-7-19(8-5-17)32(23,30)31)28-21(14)26-18-6-9-20-16(10-18)12-25-29(20)13-15-2-3-15/h4-12,15H,2-3,13H2,1H3,(H2,23,30,31)(H2,24,26,27,28). The minimum absolute atomic E-state index is 0.0473. The van der Waals surface area contributed by atoms with Gasteiger partial charge in [-0.2, -0.15) is 10.1 Å². The summed E-state index contributed by atoms with van der Waals surface area (Å²) in [6.07, 6.45) is 6.21. The van der Waals surface area contributed by atoms with E-state index in [0.717, 1.165) is 34.6 Å². The fourth-order valence-corrected chi connectivity index (χ4v) is 3.99. The number of aryl methyl sites for hydroxylation is 1. The first-order chi connectivity index (χ1) is 15.3. The SMILES string of the molecule is Cc1cnc(Nc2ccc(S(N)(=O)=O)cc2)nc1Nc1ccc2c(cnn2CC2CC2)c1. The molecule has 1 aliphatic carbocycles. The van der Waals surface area contributed by atoms with Crippen molar-refractivity contribution in [2.75, 3.05) is 10.6 Å². The number of aromatic nitrogens is 4. The third kappa shape index (κ3) is 4.41. The van der Waals surface area contributed by atoms with Gasteiger partial charge in [0.05, 0.1) is 16.6 Å². The molecule has 0 atom stereocenters. The summed E-state index contributed by atoms with van der Waals surface area (Å²) in [7, 11) is -3.73. The predicted octanol–water partition coefficient (Wildman–Crippen LogP) is 3.68. The topological polar surface area (TPSA) is 128 Å². The molecule has 0 unspecified atom stereocenters. The zero-order chi connectivity index (χ0) is 22.3. The Morgan fingerprint density at radius 2 is 1.81 bits per heavy atom. The van der Waals surface area contributed by atoms with Gasteiger partial charge in [0.1, 0.15) is 5.82 Å². The van der Waals surface area contributed by atoms with Crippen molar-refractivity contribution in [3.63, 3.8) is 0 Å². The number of primary sulfonamides is 1. The lowest BCUT2D eigenvalue weighted by Crippen LogP contribution is -2.11. The molecule has 2 heterocycles. The van der Waals surface area contributed by atoms with Gasteiger partial charge in [0.2, 0.25) is 16.0 Å². The van der Waals surface area contributed by atoms with Crippen molar-refractivity contribution in [1.82, 2.24) is 19.7 Å². The van der Waals surface area contributed by atoms with Crippen LogP contribution in [0.2, 0.25) is 0 Å². The van der Waals surface area contributed by atoms with Gasteiger partial charge in [0.15, 0.2) is 0 Å². The molecule has 0 radical (unpaired) electrons. The third-order valence-corrected chi connectivity index (χ3v) is 6.37. The van der Waals surface area contributed by atoms with Gasteiger partial charge >= 0.3 is 0 Å². The van der Waals surface area contributed by atoms with E-state index in [1.807, 2.05) is 19.2 Å². The van der Waals surface area contributed by atoms with Crippen molar-refractivity contribution >= 4 is 44.1 Å². The smallest absolute Gasteiger partial charge is 0.238 e. The molecule has 0 amide bonds.